The van der Waals surface area contributed by atoms with Crippen molar-refractivity contribution in [2.75, 3.05) is 5.73 Å². The van der Waals surface area contributed by atoms with Crippen molar-refractivity contribution in [3.8, 4) is 11.3 Å². The number of nitrogens with zero attached hydrogens (tertiary/aromatic N) is 2. The molecule has 4 nitrogen and oxygen atoms in total. The molecule has 0 aliphatic carbocycles. The molecule has 0 atom stereocenters. The zero-order valence-electron chi connectivity index (χ0n) is 7.19. The lowest BCUT2D eigenvalue weighted by Crippen LogP contribution is -1.96. The summed E-state index contributed by atoms with van der Waals surface area (Å²) in [4.78, 5) is 8.21. The first-order chi connectivity index (χ1) is 6.25. The normalized spacial score (nSPS) is 10.2. The summed E-state index contributed by atoms with van der Waals surface area (Å²) in [5.74, 6) is 1.14. The minimum Gasteiger partial charge on any atom is -0.472 e. The highest BCUT2D eigenvalue weighted by atomic mass is 16.3. The van der Waals surface area contributed by atoms with E-state index in [1.54, 1.807) is 25.5 Å². The molecule has 0 saturated heterocycles. The molecule has 0 spiro atoms. The van der Waals surface area contributed by atoms with Gasteiger partial charge in [-0.05, 0) is 13.0 Å². The Hall–Kier alpha value is -1.84. The van der Waals surface area contributed by atoms with Crippen molar-refractivity contribution >= 4 is 5.82 Å². The summed E-state index contributed by atoms with van der Waals surface area (Å²) in [5, 5.41) is 0. The molecule has 2 rings (SSSR count). The molecule has 0 amide bonds. The molecule has 0 fully saturated rings. The van der Waals surface area contributed by atoms with Crippen LogP contribution in [0.2, 0.25) is 0 Å². The van der Waals surface area contributed by atoms with Crippen LogP contribution in [0.5, 0.6) is 0 Å². The van der Waals surface area contributed by atoms with E-state index >= 15 is 0 Å². The van der Waals surface area contributed by atoms with Crippen LogP contribution in [0.3, 0.4) is 0 Å². The Morgan fingerprint density at radius 2 is 2.23 bits per heavy atom. The zero-order valence-corrected chi connectivity index (χ0v) is 7.19. The number of anilines is 1. The van der Waals surface area contributed by atoms with Gasteiger partial charge in [-0.1, -0.05) is 0 Å². The van der Waals surface area contributed by atoms with E-state index in [1.165, 1.54) is 0 Å². The summed E-state index contributed by atoms with van der Waals surface area (Å²) in [5.41, 5.74) is 7.29. The minimum atomic E-state index is 0.476. The highest BCUT2D eigenvalue weighted by molar-refractivity contribution is 5.60. The maximum Gasteiger partial charge on any atom is 0.128 e. The van der Waals surface area contributed by atoms with Crippen molar-refractivity contribution in [1.82, 2.24) is 9.97 Å². The number of hydrogen-bond acceptors (Lipinski definition) is 4. The van der Waals surface area contributed by atoms with Gasteiger partial charge in [0.05, 0.1) is 18.2 Å². The summed E-state index contributed by atoms with van der Waals surface area (Å²) in [6, 6.07) is 3.55. The van der Waals surface area contributed by atoms with Gasteiger partial charge in [-0.25, -0.2) is 9.97 Å². The second kappa shape index (κ2) is 2.90. The highest BCUT2D eigenvalue weighted by Crippen LogP contribution is 2.18. The van der Waals surface area contributed by atoms with E-state index < -0.39 is 0 Å². The lowest BCUT2D eigenvalue weighted by atomic mass is 10.2. The van der Waals surface area contributed by atoms with Crippen LogP contribution in [0.4, 0.5) is 5.82 Å². The van der Waals surface area contributed by atoms with Gasteiger partial charge in [-0.2, -0.15) is 0 Å². The predicted molar refractivity (Wildman–Crippen MR) is 48.9 cm³/mol. The van der Waals surface area contributed by atoms with Gasteiger partial charge in [0.15, 0.2) is 0 Å². The standard InChI is InChI=1S/C9H9N3O/c1-6-11-8(4-9(10)12-6)7-2-3-13-5-7/h2-5H,1H3,(H2,10,11,12). The van der Waals surface area contributed by atoms with E-state index in [9.17, 15) is 0 Å². The van der Waals surface area contributed by atoms with Crippen molar-refractivity contribution in [1.29, 1.82) is 0 Å². The fraction of sp³-hybridized carbons (Fsp3) is 0.111. The Morgan fingerprint density at radius 3 is 2.85 bits per heavy atom. The summed E-state index contributed by atoms with van der Waals surface area (Å²) in [6.45, 7) is 1.81. The third-order valence-corrected chi connectivity index (χ3v) is 1.67. The zero-order chi connectivity index (χ0) is 9.26. The molecule has 0 unspecified atom stereocenters. The van der Waals surface area contributed by atoms with Crippen LogP contribution in [0.25, 0.3) is 11.3 Å². The molecular weight excluding hydrogens is 166 g/mol. The molecule has 2 heterocycles. The monoisotopic (exact) mass is 175 g/mol. The molecule has 4 heteroatoms. The molecule has 0 aromatic carbocycles. The van der Waals surface area contributed by atoms with Crippen molar-refractivity contribution in [2.45, 2.75) is 6.92 Å². The molecule has 0 saturated carbocycles. The van der Waals surface area contributed by atoms with Gasteiger partial charge in [-0.15, -0.1) is 0 Å². The number of aryl methyl sites for hydroxylation is 1. The smallest absolute Gasteiger partial charge is 0.128 e. The molecule has 0 aliphatic rings. The van der Waals surface area contributed by atoms with E-state index in [0.29, 0.717) is 11.6 Å². The van der Waals surface area contributed by atoms with E-state index in [2.05, 4.69) is 9.97 Å². The molecule has 66 valence electrons. The van der Waals surface area contributed by atoms with Crippen LogP contribution in [-0.4, -0.2) is 9.97 Å². The highest BCUT2D eigenvalue weighted by Gasteiger charge is 2.02. The average Bonchev–Trinajstić information content (AvgIpc) is 2.53. The minimum absolute atomic E-state index is 0.476. The Kier molecular flexibility index (Phi) is 1.73. The van der Waals surface area contributed by atoms with Crippen molar-refractivity contribution in [2.24, 2.45) is 0 Å². The van der Waals surface area contributed by atoms with Crippen LogP contribution in [0.15, 0.2) is 29.1 Å². The number of nitrogens with two attached hydrogens (primary N) is 1. The van der Waals surface area contributed by atoms with Crippen LogP contribution in [0, 0.1) is 6.92 Å². The maximum atomic E-state index is 5.58. The van der Waals surface area contributed by atoms with Gasteiger partial charge in [0.25, 0.3) is 0 Å². The van der Waals surface area contributed by atoms with Gasteiger partial charge in [-0.3, -0.25) is 0 Å². The number of nitrogen functional groups attached to an aromatic ring is 1. The summed E-state index contributed by atoms with van der Waals surface area (Å²) in [7, 11) is 0. The van der Waals surface area contributed by atoms with E-state index in [1.807, 2.05) is 6.07 Å². The Bertz CT molecular complexity index is 389. The SMILES string of the molecule is Cc1nc(N)cc(-c2ccoc2)n1. The summed E-state index contributed by atoms with van der Waals surface area (Å²) >= 11 is 0. The Balaban J connectivity index is 2.53. The fourth-order valence-electron chi connectivity index (χ4n) is 1.15. The van der Waals surface area contributed by atoms with Crippen LogP contribution >= 0.6 is 0 Å². The number of rotatable bonds is 1. The number of aromatic nitrogens is 2. The van der Waals surface area contributed by atoms with Crippen molar-refractivity contribution < 1.29 is 4.42 Å². The fourth-order valence-corrected chi connectivity index (χ4v) is 1.15. The second-order valence-corrected chi connectivity index (χ2v) is 2.74. The number of hydrogen-bond donors (Lipinski definition) is 1. The van der Waals surface area contributed by atoms with Crippen LogP contribution in [0.1, 0.15) is 5.82 Å². The lowest BCUT2D eigenvalue weighted by molar-refractivity contribution is 0.568. The van der Waals surface area contributed by atoms with Crippen LogP contribution in [-0.2, 0) is 0 Å². The maximum absolute atomic E-state index is 5.58. The molecule has 0 bridgehead atoms. The van der Waals surface area contributed by atoms with E-state index in [0.717, 1.165) is 11.3 Å². The average molecular weight is 175 g/mol. The predicted octanol–water partition coefficient (Wildman–Crippen LogP) is 1.63. The topological polar surface area (TPSA) is 64.9 Å². The molecule has 13 heavy (non-hydrogen) atoms. The summed E-state index contributed by atoms with van der Waals surface area (Å²) < 4.78 is 4.95. The molecule has 2 aromatic heterocycles. The van der Waals surface area contributed by atoms with E-state index in [4.69, 9.17) is 10.2 Å². The van der Waals surface area contributed by atoms with Gasteiger partial charge >= 0.3 is 0 Å². The third-order valence-electron chi connectivity index (χ3n) is 1.67. The Morgan fingerprint density at radius 1 is 1.38 bits per heavy atom. The number of furan rings is 1. The van der Waals surface area contributed by atoms with Gasteiger partial charge in [0.2, 0.25) is 0 Å². The lowest BCUT2D eigenvalue weighted by Gasteiger charge is -1.99. The molecule has 2 N–H and O–H groups in total. The molecular formula is C9H9N3O. The first-order valence-electron chi connectivity index (χ1n) is 3.89. The van der Waals surface area contributed by atoms with Crippen molar-refractivity contribution in [3.05, 3.63) is 30.5 Å². The first kappa shape index (κ1) is 7.79. The van der Waals surface area contributed by atoms with E-state index in [-0.39, 0.29) is 0 Å². The van der Waals surface area contributed by atoms with Gasteiger partial charge in [0, 0.05) is 11.6 Å². The largest absolute Gasteiger partial charge is 0.472 e. The molecule has 0 aliphatic heterocycles. The Labute approximate surface area is 75.4 Å². The van der Waals surface area contributed by atoms with Gasteiger partial charge in [0.1, 0.15) is 11.6 Å². The van der Waals surface area contributed by atoms with Crippen LogP contribution < -0.4 is 5.73 Å². The quantitative estimate of drug-likeness (QED) is 0.715. The molecule has 0 radical (unpaired) electrons. The summed E-state index contributed by atoms with van der Waals surface area (Å²) in [6.07, 6.45) is 3.23. The van der Waals surface area contributed by atoms with Crippen molar-refractivity contribution in [3.63, 3.8) is 0 Å². The third kappa shape index (κ3) is 1.51. The van der Waals surface area contributed by atoms with Gasteiger partial charge < -0.3 is 10.2 Å². The molecule has 2 aromatic rings. The first-order valence-corrected chi connectivity index (χ1v) is 3.89. The second-order valence-electron chi connectivity index (χ2n) is 2.74.